The van der Waals surface area contributed by atoms with Gasteiger partial charge in [0.2, 0.25) is 0 Å². The Kier molecular flexibility index (Phi) is 9.83. The van der Waals surface area contributed by atoms with Crippen molar-refractivity contribution in [2.24, 2.45) is 0 Å². The van der Waals surface area contributed by atoms with Crippen LogP contribution in [-0.4, -0.2) is 41.1 Å². The van der Waals surface area contributed by atoms with Crippen LogP contribution >= 0.6 is 11.8 Å². The molecule has 0 radical (unpaired) electrons. The maximum absolute atomic E-state index is 5.39. The maximum Gasteiger partial charge on any atom is 0.500 e. The molecule has 98 valence electrons. The number of halogens is 1. The van der Waals surface area contributed by atoms with Crippen LogP contribution in [0.2, 0.25) is 6.04 Å². The van der Waals surface area contributed by atoms with Gasteiger partial charge in [0.15, 0.2) is 0 Å². The number of hydrogen-bond acceptors (Lipinski definition) is 4. The minimum Gasteiger partial charge on any atom is -1.00 e. The zero-order valence-electron chi connectivity index (χ0n) is 10.3. The molecule has 1 rings (SSSR count). The van der Waals surface area contributed by atoms with E-state index in [0.29, 0.717) is 0 Å². The number of rotatable bonds is 7. The van der Waals surface area contributed by atoms with Crippen molar-refractivity contribution in [1.29, 1.82) is 0 Å². The van der Waals surface area contributed by atoms with Crippen molar-refractivity contribution >= 4 is 20.6 Å². The fraction of sp³-hybridized carbons (Fsp3) is 1.00. The Labute approximate surface area is 121 Å². The molecular weight excluding hydrogens is 355 g/mol. The fourth-order valence-electron chi connectivity index (χ4n) is 1.97. The molecule has 1 fully saturated rings. The standard InChI is InChI=1S/C10H22O3SSi.HI/c1-11-15(12-2,13-3)9-5-7-10-6-4-8-14-10;/h10H,4-9H2,1-3H3;1H/p-1. The van der Waals surface area contributed by atoms with Crippen molar-refractivity contribution in [3.63, 3.8) is 0 Å². The molecular formula is C10H22IO3SSi-. The molecule has 1 heterocycles. The van der Waals surface area contributed by atoms with Gasteiger partial charge >= 0.3 is 8.80 Å². The molecule has 0 aromatic rings. The lowest BCUT2D eigenvalue weighted by Crippen LogP contribution is -3.00. The predicted octanol–water partition coefficient (Wildman–Crippen LogP) is -0.456. The smallest absolute Gasteiger partial charge is 0.500 e. The summed E-state index contributed by atoms with van der Waals surface area (Å²) in [6.07, 6.45) is 5.19. The lowest BCUT2D eigenvalue weighted by atomic mass is 10.2. The summed E-state index contributed by atoms with van der Waals surface area (Å²) in [7, 11) is 2.75. The molecule has 1 unspecified atom stereocenters. The third kappa shape index (κ3) is 5.22. The van der Waals surface area contributed by atoms with Gasteiger partial charge in [0.25, 0.3) is 0 Å². The van der Waals surface area contributed by atoms with Crippen molar-refractivity contribution < 1.29 is 37.3 Å². The van der Waals surface area contributed by atoms with Crippen molar-refractivity contribution in [2.45, 2.75) is 37.0 Å². The van der Waals surface area contributed by atoms with Crippen molar-refractivity contribution in [3.05, 3.63) is 0 Å². The predicted molar refractivity (Wildman–Crippen MR) is 66.3 cm³/mol. The Morgan fingerprint density at radius 2 is 1.81 bits per heavy atom. The summed E-state index contributed by atoms with van der Waals surface area (Å²) < 4.78 is 16.2. The van der Waals surface area contributed by atoms with E-state index in [-0.39, 0.29) is 24.0 Å². The van der Waals surface area contributed by atoms with Gasteiger partial charge in [-0.2, -0.15) is 11.8 Å². The van der Waals surface area contributed by atoms with Gasteiger partial charge < -0.3 is 37.3 Å². The average molecular weight is 377 g/mol. The molecule has 6 heteroatoms. The lowest BCUT2D eigenvalue weighted by Gasteiger charge is -2.24. The first kappa shape index (κ1) is 17.2. The summed E-state index contributed by atoms with van der Waals surface area (Å²) in [6.45, 7) is 0. The Bertz CT molecular complexity index is 167. The average Bonchev–Trinajstić information content (AvgIpc) is 2.78. The van der Waals surface area contributed by atoms with Gasteiger partial charge in [-0.3, -0.25) is 0 Å². The van der Waals surface area contributed by atoms with Crippen LogP contribution in [0.3, 0.4) is 0 Å². The van der Waals surface area contributed by atoms with E-state index in [1.54, 1.807) is 21.3 Å². The van der Waals surface area contributed by atoms with Crippen molar-refractivity contribution in [2.75, 3.05) is 27.1 Å². The molecule has 0 spiro atoms. The zero-order chi connectivity index (χ0) is 11.1. The lowest BCUT2D eigenvalue weighted by molar-refractivity contribution is -0.00000775. The van der Waals surface area contributed by atoms with E-state index in [2.05, 4.69) is 11.8 Å². The van der Waals surface area contributed by atoms with Gasteiger partial charge in [0.1, 0.15) is 0 Å². The monoisotopic (exact) mass is 377 g/mol. The quantitative estimate of drug-likeness (QED) is 0.444. The van der Waals surface area contributed by atoms with Gasteiger partial charge in [-0.05, 0) is 31.4 Å². The van der Waals surface area contributed by atoms with Gasteiger partial charge in [-0.1, -0.05) is 0 Å². The topological polar surface area (TPSA) is 27.7 Å². The molecule has 16 heavy (non-hydrogen) atoms. The van der Waals surface area contributed by atoms with Gasteiger partial charge in [0.05, 0.1) is 0 Å². The summed E-state index contributed by atoms with van der Waals surface area (Å²) in [5.41, 5.74) is 0. The highest BCUT2D eigenvalue weighted by Crippen LogP contribution is 2.31. The molecule has 0 aliphatic carbocycles. The summed E-state index contributed by atoms with van der Waals surface area (Å²) in [5, 5.41) is 0.863. The summed E-state index contributed by atoms with van der Waals surface area (Å²) >= 11 is 2.11. The SMILES string of the molecule is CO[Si](CCCC1CCCS1)(OC)OC.[I-]. The first-order valence-electron chi connectivity index (χ1n) is 5.53. The van der Waals surface area contributed by atoms with E-state index in [1.165, 1.54) is 25.0 Å². The molecule has 0 saturated carbocycles. The third-order valence-electron chi connectivity index (χ3n) is 2.97. The maximum atomic E-state index is 5.39. The van der Waals surface area contributed by atoms with Crippen LogP contribution in [0, 0.1) is 0 Å². The van der Waals surface area contributed by atoms with E-state index in [1.807, 2.05) is 0 Å². The highest BCUT2D eigenvalue weighted by molar-refractivity contribution is 8.00. The van der Waals surface area contributed by atoms with E-state index in [0.717, 1.165) is 17.7 Å². The highest BCUT2D eigenvalue weighted by Gasteiger charge is 2.37. The Morgan fingerprint density at radius 1 is 1.19 bits per heavy atom. The second-order valence-electron chi connectivity index (χ2n) is 3.82. The van der Waals surface area contributed by atoms with Crippen LogP contribution in [0.5, 0.6) is 0 Å². The Hall–Kier alpha value is 1.18. The molecule has 3 nitrogen and oxygen atoms in total. The third-order valence-corrected chi connectivity index (χ3v) is 7.27. The van der Waals surface area contributed by atoms with Crippen LogP contribution in [0.15, 0.2) is 0 Å². The number of hydrogen-bond donors (Lipinski definition) is 0. The van der Waals surface area contributed by atoms with Crippen LogP contribution in [0.4, 0.5) is 0 Å². The Balaban J connectivity index is 0.00000225. The molecule has 1 atom stereocenters. The second-order valence-corrected chi connectivity index (χ2v) is 8.32. The Morgan fingerprint density at radius 3 is 2.25 bits per heavy atom. The molecule has 0 aromatic heterocycles. The summed E-state index contributed by atoms with van der Waals surface area (Å²) in [4.78, 5) is 0. The molecule has 1 aliphatic heterocycles. The van der Waals surface area contributed by atoms with Crippen LogP contribution in [0.25, 0.3) is 0 Å². The van der Waals surface area contributed by atoms with E-state index < -0.39 is 8.80 Å². The van der Waals surface area contributed by atoms with E-state index >= 15 is 0 Å². The molecule has 1 saturated heterocycles. The molecule has 1 aliphatic rings. The minimum absolute atomic E-state index is 0. The first-order valence-corrected chi connectivity index (χ1v) is 8.51. The zero-order valence-corrected chi connectivity index (χ0v) is 14.3. The summed E-state index contributed by atoms with van der Waals surface area (Å²) in [6, 6.07) is 0.938. The van der Waals surface area contributed by atoms with Gasteiger partial charge in [-0.25, -0.2) is 0 Å². The molecule has 0 amide bonds. The van der Waals surface area contributed by atoms with Gasteiger partial charge in [0, 0.05) is 32.6 Å². The number of thioether (sulfide) groups is 1. The second kappa shape index (κ2) is 9.15. The van der Waals surface area contributed by atoms with Crippen molar-refractivity contribution in [1.82, 2.24) is 0 Å². The highest BCUT2D eigenvalue weighted by atomic mass is 127. The van der Waals surface area contributed by atoms with Gasteiger partial charge in [-0.15, -0.1) is 0 Å². The van der Waals surface area contributed by atoms with Crippen LogP contribution in [-0.2, 0) is 13.3 Å². The van der Waals surface area contributed by atoms with E-state index in [9.17, 15) is 0 Å². The molecule has 0 aromatic carbocycles. The molecule has 0 N–H and O–H groups in total. The summed E-state index contributed by atoms with van der Waals surface area (Å²) in [5.74, 6) is 1.34. The van der Waals surface area contributed by atoms with Crippen molar-refractivity contribution in [3.8, 4) is 0 Å². The largest absolute Gasteiger partial charge is 1.00 e. The van der Waals surface area contributed by atoms with Crippen LogP contribution in [0.1, 0.15) is 25.7 Å². The fourth-order valence-corrected chi connectivity index (χ4v) is 5.06. The normalized spacial score (nSPS) is 20.8. The van der Waals surface area contributed by atoms with E-state index in [4.69, 9.17) is 13.3 Å². The minimum atomic E-state index is -2.30. The first-order chi connectivity index (χ1) is 7.26. The molecule has 0 bridgehead atoms. The van der Waals surface area contributed by atoms with Crippen LogP contribution < -0.4 is 24.0 Å².